The molecule has 0 bridgehead atoms. The standard InChI is InChI=1S/C12H22N2O3/c1-10(2)14(16)7-4-11(5-8-14)13-6-3-9-17-12(13)15/h10-11H,3-9H2,1-2H3. The van der Waals surface area contributed by atoms with Gasteiger partial charge in [0, 0.05) is 25.4 Å². The van der Waals surface area contributed by atoms with Crippen molar-refractivity contribution in [1.82, 2.24) is 4.90 Å². The van der Waals surface area contributed by atoms with Gasteiger partial charge < -0.3 is 19.5 Å². The predicted octanol–water partition coefficient (Wildman–Crippen LogP) is 1.71. The first kappa shape index (κ1) is 12.6. The van der Waals surface area contributed by atoms with Crippen molar-refractivity contribution >= 4 is 6.09 Å². The molecule has 5 nitrogen and oxygen atoms in total. The molecule has 0 radical (unpaired) electrons. The first-order valence-corrected chi connectivity index (χ1v) is 6.54. The Morgan fingerprint density at radius 3 is 2.59 bits per heavy atom. The van der Waals surface area contributed by atoms with Crippen LogP contribution in [0.15, 0.2) is 0 Å². The number of carbonyl (C=O) groups excluding carboxylic acids is 1. The minimum Gasteiger partial charge on any atom is -0.633 e. The summed E-state index contributed by atoms with van der Waals surface area (Å²) in [6.07, 6.45) is 2.31. The van der Waals surface area contributed by atoms with Gasteiger partial charge in [0.15, 0.2) is 0 Å². The molecule has 0 atom stereocenters. The summed E-state index contributed by atoms with van der Waals surface area (Å²) >= 11 is 0. The SMILES string of the molecule is CC(C)[N+]1([O-])CCC(N2CCCOC2=O)CC1. The van der Waals surface area contributed by atoms with Crippen molar-refractivity contribution in [2.24, 2.45) is 0 Å². The lowest BCUT2D eigenvalue weighted by atomic mass is 10.0. The Bertz CT molecular complexity index is 285. The molecule has 0 unspecified atom stereocenters. The Hall–Kier alpha value is -0.810. The van der Waals surface area contributed by atoms with Gasteiger partial charge in [-0.15, -0.1) is 0 Å². The van der Waals surface area contributed by atoms with Crippen molar-refractivity contribution in [2.75, 3.05) is 26.2 Å². The van der Waals surface area contributed by atoms with E-state index in [2.05, 4.69) is 0 Å². The normalized spacial score (nSPS) is 34.9. The van der Waals surface area contributed by atoms with Crippen LogP contribution in [0.3, 0.4) is 0 Å². The van der Waals surface area contributed by atoms with E-state index in [4.69, 9.17) is 4.74 Å². The molecule has 1 amide bonds. The van der Waals surface area contributed by atoms with Crippen LogP contribution in [0.2, 0.25) is 0 Å². The molecule has 0 saturated carbocycles. The molecule has 0 aromatic carbocycles. The molecule has 2 aliphatic rings. The first-order valence-electron chi connectivity index (χ1n) is 6.54. The van der Waals surface area contributed by atoms with Crippen molar-refractivity contribution in [3.8, 4) is 0 Å². The number of cyclic esters (lactones) is 1. The van der Waals surface area contributed by atoms with Gasteiger partial charge in [-0.25, -0.2) is 4.79 Å². The fourth-order valence-corrected chi connectivity index (χ4v) is 2.72. The maximum atomic E-state index is 12.3. The van der Waals surface area contributed by atoms with E-state index in [0.717, 1.165) is 25.8 Å². The van der Waals surface area contributed by atoms with Gasteiger partial charge in [0.05, 0.1) is 25.7 Å². The van der Waals surface area contributed by atoms with Crippen LogP contribution < -0.4 is 0 Å². The molecule has 2 saturated heterocycles. The van der Waals surface area contributed by atoms with Crippen LogP contribution in [0.1, 0.15) is 33.1 Å². The van der Waals surface area contributed by atoms with E-state index in [1.165, 1.54) is 0 Å². The second-order valence-corrected chi connectivity index (χ2v) is 5.39. The summed E-state index contributed by atoms with van der Waals surface area (Å²) in [7, 11) is 0. The molecular formula is C12H22N2O3. The Kier molecular flexibility index (Phi) is 3.58. The maximum absolute atomic E-state index is 12.3. The largest absolute Gasteiger partial charge is 0.633 e. The summed E-state index contributed by atoms with van der Waals surface area (Å²) in [5.74, 6) is 0. The van der Waals surface area contributed by atoms with Crippen LogP contribution in [-0.2, 0) is 4.74 Å². The number of carbonyl (C=O) groups is 1. The molecule has 0 aromatic heterocycles. The molecule has 0 spiro atoms. The molecule has 0 aromatic rings. The third kappa shape index (κ3) is 2.55. The van der Waals surface area contributed by atoms with Crippen LogP contribution in [0.25, 0.3) is 0 Å². The number of hydrogen-bond acceptors (Lipinski definition) is 3. The van der Waals surface area contributed by atoms with Crippen LogP contribution in [0.4, 0.5) is 4.79 Å². The van der Waals surface area contributed by atoms with E-state index in [0.29, 0.717) is 19.7 Å². The highest BCUT2D eigenvalue weighted by Gasteiger charge is 2.35. The average molecular weight is 242 g/mol. The molecule has 2 rings (SSSR count). The molecule has 2 fully saturated rings. The molecule has 17 heavy (non-hydrogen) atoms. The number of ether oxygens (including phenoxy) is 1. The molecule has 98 valence electrons. The third-order valence-electron chi connectivity index (χ3n) is 4.07. The average Bonchev–Trinajstić information content (AvgIpc) is 2.31. The Balaban J connectivity index is 1.92. The molecule has 2 heterocycles. The number of hydrogen-bond donors (Lipinski definition) is 0. The summed E-state index contributed by atoms with van der Waals surface area (Å²) in [4.78, 5) is 13.4. The van der Waals surface area contributed by atoms with Gasteiger partial charge >= 0.3 is 6.09 Å². The van der Waals surface area contributed by atoms with Gasteiger partial charge in [-0.1, -0.05) is 0 Å². The van der Waals surface area contributed by atoms with E-state index in [9.17, 15) is 10.0 Å². The molecular weight excluding hydrogens is 220 g/mol. The van der Waals surface area contributed by atoms with Gasteiger partial charge in [0.25, 0.3) is 0 Å². The lowest BCUT2D eigenvalue weighted by Gasteiger charge is -2.51. The molecule has 0 aliphatic carbocycles. The first-order chi connectivity index (χ1) is 8.03. The van der Waals surface area contributed by atoms with Crippen molar-refractivity contribution in [2.45, 2.75) is 45.2 Å². The van der Waals surface area contributed by atoms with Crippen molar-refractivity contribution < 1.29 is 14.2 Å². The van der Waals surface area contributed by atoms with Gasteiger partial charge in [0.2, 0.25) is 0 Å². The summed E-state index contributed by atoms with van der Waals surface area (Å²) in [5, 5.41) is 12.3. The number of nitrogens with zero attached hydrogens (tertiary/aromatic N) is 2. The third-order valence-corrected chi connectivity index (χ3v) is 4.07. The van der Waals surface area contributed by atoms with Gasteiger partial charge in [-0.05, 0) is 20.3 Å². The maximum Gasteiger partial charge on any atom is 0.410 e. The highest BCUT2D eigenvalue weighted by molar-refractivity contribution is 5.68. The van der Waals surface area contributed by atoms with Crippen LogP contribution >= 0.6 is 0 Å². The topological polar surface area (TPSA) is 52.6 Å². The van der Waals surface area contributed by atoms with E-state index in [1.807, 2.05) is 18.7 Å². The highest BCUT2D eigenvalue weighted by Crippen LogP contribution is 2.26. The number of hydroxylamine groups is 3. The zero-order chi connectivity index (χ0) is 12.5. The van der Waals surface area contributed by atoms with Crippen molar-refractivity contribution in [3.63, 3.8) is 0 Å². The van der Waals surface area contributed by atoms with Crippen LogP contribution in [0, 0.1) is 5.21 Å². The fourth-order valence-electron chi connectivity index (χ4n) is 2.72. The van der Waals surface area contributed by atoms with E-state index in [-0.39, 0.29) is 22.8 Å². The van der Waals surface area contributed by atoms with Gasteiger partial charge in [-0.2, -0.15) is 0 Å². The number of rotatable bonds is 2. The lowest BCUT2D eigenvalue weighted by Crippen LogP contribution is -2.57. The lowest BCUT2D eigenvalue weighted by molar-refractivity contribution is -0.906. The molecule has 5 heteroatoms. The van der Waals surface area contributed by atoms with Crippen molar-refractivity contribution in [1.29, 1.82) is 0 Å². The monoisotopic (exact) mass is 242 g/mol. The Labute approximate surface area is 102 Å². The summed E-state index contributed by atoms with van der Waals surface area (Å²) in [6, 6.07) is 0.325. The zero-order valence-corrected chi connectivity index (χ0v) is 10.7. The minimum absolute atomic E-state index is 0.112. The molecule has 2 aliphatic heterocycles. The number of amides is 1. The second-order valence-electron chi connectivity index (χ2n) is 5.39. The Morgan fingerprint density at radius 2 is 2.06 bits per heavy atom. The zero-order valence-electron chi connectivity index (χ0n) is 10.7. The van der Waals surface area contributed by atoms with E-state index < -0.39 is 0 Å². The predicted molar refractivity (Wildman–Crippen MR) is 64.2 cm³/mol. The smallest absolute Gasteiger partial charge is 0.410 e. The number of quaternary nitrogens is 1. The minimum atomic E-state index is -0.198. The Morgan fingerprint density at radius 1 is 1.41 bits per heavy atom. The van der Waals surface area contributed by atoms with E-state index >= 15 is 0 Å². The second kappa shape index (κ2) is 4.82. The summed E-state index contributed by atoms with van der Waals surface area (Å²) in [5.41, 5.74) is 0. The van der Waals surface area contributed by atoms with E-state index in [1.54, 1.807) is 0 Å². The fraction of sp³-hybridized carbons (Fsp3) is 0.917. The molecule has 0 N–H and O–H groups in total. The summed E-state index contributed by atoms with van der Waals surface area (Å²) < 4.78 is 4.94. The van der Waals surface area contributed by atoms with Crippen LogP contribution in [-0.4, -0.2) is 54.0 Å². The highest BCUT2D eigenvalue weighted by atomic mass is 16.6. The number of likely N-dealkylation sites (tertiary alicyclic amines) is 1. The van der Waals surface area contributed by atoms with Crippen LogP contribution in [0.5, 0.6) is 0 Å². The van der Waals surface area contributed by atoms with Gasteiger partial charge in [0.1, 0.15) is 0 Å². The van der Waals surface area contributed by atoms with Crippen molar-refractivity contribution in [3.05, 3.63) is 5.21 Å². The quantitative estimate of drug-likeness (QED) is 0.547. The number of piperidine rings is 1. The summed E-state index contributed by atoms with van der Waals surface area (Å²) in [6.45, 7) is 6.50. The van der Waals surface area contributed by atoms with Gasteiger partial charge in [-0.3, -0.25) is 0 Å².